The smallest absolute Gasteiger partial charge is 0.306 e. The van der Waals surface area contributed by atoms with Gasteiger partial charge in [-0.15, -0.1) is 0 Å². The molecule has 0 saturated heterocycles. The van der Waals surface area contributed by atoms with Crippen molar-refractivity contribution in [2.24, 2.45) is 0 Å². The monoisotopic (exact) mass is 1020 g/mol. The highest BCUT2D eigenvalue weighted by atomic mass is 16.6. The minimum atomic E-state index is -0.784. The van der Waals surface area contributed by atoms with Crippen molar-refractivity contribution in [1.82, 2.24) is 0 Å². The van der Waals surface area contributed by atoms with Crippen LogP contribution in [-0.4, -0.2) is 37.2 Å². The second-order valence-electron chi connectivity index (χ2n) is 21.3. The predicted octanol–water partition coefficient (Wildman–Crippen LogP) is 21.6. The van der Waals surface area contributed by atoms with Crippen LogP contribution in [0.4, 0.5) is 0 Å². The molecule has 73 heavy (non-hydrogen) atoms. The number of allylic oxidation sites excluding steroid dienone is 10. The zero-order valence-corrected chi connectivity index (χ0v) is 48.7. The fourth-order valence-corrected chi connectivity index (χ4v) is 9.25. The molecule has 0 aromatic carbocycles. The topological polar surface area (TPSA) is 78.9 Å². The van der Waals surface area contributed by atoms with Crippen LogP contribution in [0.5, 0.6) is 0 Å². The van der Waals surface area contributed by atoms with E-state index >= 15 is 0 Å². The average Bonchev–Trinajstić information content (AvgIpc) is 3.39. The van der Waals surface area contributed by atoms with Crippen LogP contribution in [0.3, 0.4) is 0 Å². The highest BCUT2D eigenvalue weighted by molar-refractivity contribution is 5.71. The maximum absolute atomic E-state index is 12.9. The van der Waals surface area contributed by atoms with Crippen LogP contribution in [0.25, 0.3) is 0 Å². The molecule has 0 aliphatic rings. The van der Waals surface area contributed by atoms with E-state index in [1.54, 1.807) is 0 Å². The first kappa shape index (κ1) is 70.1. The number of hydrogen-bond donors (Lipinski definition) is 0. The van der Waals surface area contributed by atoms with Crippen LogP contribution in [-0.2, 0) is 28.6 Å². The second-order valence-corrected chi connectivity index (χ2v) is 21.3. The summed E-state index contributed by atoms with van der Waals surface area (Å²) in [7, 11) is 0. The zero-order chi connectivity index (χ0) is 52.9. The fraction of sp³-hybridized carbons (Fsp3) is 0.806. The number of carbonyl (C=O) groups is 3. The number of hydrogen-bond acceptors (Lipinski definition) is 6. The standard InChI is InChI=1S/C67H120O6/c1-4-7-10-13-16-19-22-25-27-29-31-32-33-34-36-37-39-42-45-48-51-54-57-60-66(69)72-63-64(62-71-65(68)59-56-53-50-47-44-41-24-21-18-15-12-9-6-3)73-67(70)61-58-55-52-49-46-43-40-38-35-30-28-26-23-20-17-14-11-8-5-2/h8,11,17,20-21,24,26,28,35,38,64H,4-7,9-10,12-16,18-19,22-23,25,27,29-34,36-37,39-63H2,1-3H3/b11-8-,20-17-,24-21-,28-26-,38-35-. The van der Waals surface area contributed by atoms with Crippen molar-refractivity contribution in [2.75, 3.05) is 13.2 Å². The van der Waals surface area contributed by atoms with Gasteiger partial charge < -0.3 is 14.2 Å². The maximum atomic E-state index is 12.9. The molecule has 0 aliphatic heterocycles. The van der Waals surface area contributed by atoms with Crippen molar-refractivity contribution in [3.05, 3.63) is 60.8 Å². The molecule has 1 unspecified atom stereocenters. The first-order valence-corrected chi connectivity index (χ1v) is 31.8. The zero-order valence-electron chi connectivity index (χ0n) is 48.7. The van der Waals surface area contributed by atoms with Gasteiger partial charge in [0.15, 0.2) is 6.10 Å². The van der Waals surface area contributed by atoms with E-state index in [1.807, 2.05) is 0 Å². The van der Waals surface area contributed by atoms with E-state index < -0.39 is 6.10 Å². The van der Waals surface area contributed by atoms with E-state index in [2.05, 4.69) is 81.5 Å². The molecule has 1 atom stereocenters. The second kappa shape index (κ2) is 61.7. The number of ether oxygens (including phenoxy) is 3. The van der Waals surface area contributed by atoms with E-state index in [1.165, 1.54) is 186 Å². The Bertz CT molecular complexity index is 1310. The molecule has 0 heterocycles. The van der Waals surface area contributed by atoms with Crippen LogP contribution in [0.2, 0.25) is 0 Å². The Labute approximate surface area is 453 Å². The third-order valence-electron chi connectivity index (χ3n) is 14.0. The Morgan fingerprint density at radius 3 is 0.863 bits per heavy atom. The van der Waals surface area contributed by atoms with E-state index in [9.17, 15) is 14.4 Å². The molecule has 424 valence electrons. The van der Waals surface area contributed by atoms with Crippen LogP contribution in [0, 0.1) is 0 Å². The Morgan fingerprint density at radius 2 is 0.534 bits per heavy atom. The van der Waals surface area contributed by atoms with Gasteiger partial charge in [-0.2, -0.15) is 0 Å². The summed E-state index contributed by atoms with van der Waals surface area (Å²) in [5.41, 5.74) is 0. The lowest BCUT2D eigenvalue weighted by Crippen LogP contribution is -2.30. The summed E-state index contributed by atoms with van der Waals surface area (Å²) in [6, 6.07) is 0. The van der Waals surface area contributed by atoms with Gasteiger partial charge in [-0.05, 0) is 83.5 Å². The van der Waals surface area contributed by atoms with E-state index in [0.717, 1.165) is 103 Å². The molecule has 0 amide bonds. The Hall–Kier alpha value is -2.89. The lowest BCUT2D eigenvalue weighted by molar-refractivity contribution is -0.167. The lowest BCUT2D eigenvalue weighted by Gasteiger charge is -2.18. The highest BCUT2D eigenvalue weighted by Gasteiger charge is 2.19. The van der Waals surface area contributed by atoms with Crippen molar-refractivity contribution in [3.63, 3.8) is 0 Å². The minimum absolute atomic E-state index is 0.0797. The fourth-order valence-electron chi connectivity index (χ4n) is 9.25. The molecule has 6 nitrogen and oxygen atoms in total. The van der Waals surface area contributed by atoms with Gasteiger partial charge >= 0.3 is 17.9 Å². The summed E-state index contributed by atoms with van der Waals surface area (Å²) in [6.45, 7) is 6.54. The minimum Gasteiger partial charge on any atom is -0.462 e. The van der Waals surface area contributed by atoms with Crippen molar-refractivity contribution in [3.8, 4) is 0 Å². The van der Waals surface area contributed by atoms with Gasteiger partial charge in [0.25, 0.3) is 0 Å². The number of esters is 3. The Morgan fingerprint density at radius 1 is 0.288 bits per heavy atom. The summed E-state index contributed by atoms with van der Waals surface area (Å²) in [5, 5.41) is 0. The van der Waals surface area contributed by atoms with Crippen LogP contribution >= 0.6 is 0 Å². The summed E-state index contributed by atoms with van der Waals surface area (Å²) >= 11 is 0. The van der Waals surface area contributed by atoms with Gasteiger partial charge in [-0.25, -0.2) is 0 Å². The predicted molar refractivity (Wildman–Crippen MR) is 316 cm³/mol. The lowest BCUT2D eigenvalue weighted by atomic mass is 10.0. The summed E-state index contributed by atoms with van der Waals surface area (Å²) < 4.78 is 16.9. The molecule has 0 spiro atoms. The summed E-state index contributed by atoms with van der Waals surface area (Å²) in [6.07, 6.45) is 78.0. The SMILES string of the molecule is CC/C=C\C/C=C\C/C=C\C/C=C\CCCCCCCCC(=O)OC(COC(=O)CCCCCCC/C=C\CCCCCC)COC(=O)CCCCCCCCCCCCCCCCCCCCCCCCC. The van der Waals surface area contributed by atoms with E-state index in [-0.39, 0.29) is 31.1 Å². The van der Waals surface area contributed by atoms with Crippen molar-refractivity contribution < 1.29 is 28.6 Å². The van der Waals surface area contributed by atoms with Crippen molar-refractivity contribution in [2.45, 2.75) is 335 Å². The number of carbonyl (C=O) groups excluding carboxylic acids is 3. The molecule has 6 heteroatoms. The normalized spacial score (nSPS) is 12.4. The van der Waals surface area contributed by atoms with Crippen LogP contribution < -0.4 is 0 Å². The van der Waals surface area contributed by atoms with Gasteiger partial charge in [0, 0.05) is 19.3 Å². The molecule has 0 saturated carbocycles. The van der Waals surface area contributed by atoms with Crippen molar-refractivity contribution >= 4 is 17.9 Å². The first-order chi connectivity index (χ1) is 36.0. The molecular weight excluding hydrogens is 901 g/mol. The molecule has 0 radical (unpaired) electrons. The number of rotatable bonds is 58. The molecule has 0 aromatic rings. The third-order valence-corrected chi connectivity index (χ3v) is 14.0. The molecule has 0 rings (SSSR count). The van der Waals surface area contributed by atoms with Gasteiger partial charge in [-0.1, -0.05) is 287 Å². The summed E-state index contributed by atoms with van der Waals surface area (Å²) in [4.78, 5) is 38.3. The van der Waals surface area contributed by atoms with Crippen LogP contribution in [0.15, 0.2) is 60.8 Å². The molecular formula is C67H120O6. The van der Waals surface area contributed by atoms with Gasteiger partial charge in [-0.3, -0.25) is 14.4 Å². The molecule has 0 aliphatic carbocycles. The third kappa shape index (κ3) is 59.9. The largest absolute Gasteiger partial charge is 0.462 e. The highest BCUT2D eigenvalue weighted by Crippen LogP contribution is 2.17. The van der Waals surface area contributed by atoms with Gasteiger partial charge in [0.1, 0.15) is 13.2 Å². The number of unbranched alkanes of at least 4 members (excludes halogenated alkanes) is 37. The molecule has 0 N–H and O–H groups in total. The van der Waals surface area contributed by atoms with E-state index in [4.69, 9.17) is 14.2 Å². The van der Waals surface area contributed by atoms with Gasteiger partial charge in [0.2, 0.25) is 0 Å². The van der Waals surface area contributed by atoms with E-state index in [0.29, 0.717) is 19.3 Å². The average molecular weight is 1020 g/mol. The molecule has 0 bridgehead atoms. The van der Waals surface area contributed by atoms with Gasteiger partial charge in [0.05, 0.1) is 0 Å². The van der Waals surface area contributed by atoms with Crippen molar-refractivity contribution in [1.29, 1.82) is 0 Å². The van der Waals surface area contributed by atoms with Crippen LogP contribution in [0.1, 0.15) is 329 Å². The molecule has 0 aromatic heterocycles. The Kier molecular flexibility index (Phi) is 59.2. The quantitative estimate of drug-likeness (QED) is 0.0261. The maximum Gasteiger partial charge on any atom is 0.306 e. The summed E-state index contributed by atoms with van der Waals surface area (Å²) in [5.74, 6) is -0.886. The molecule has 0 fully saturated rings. The Balaban J connectivity index is 4.31. The first-order valence-electron chi connectivity index (χ1n) is 31.8.